The molecule has 0 saturated heterocycles. The van der Waals surface area contributed by atoms with E-state index in [9.17, 15) is 5.11 Å². The van der Waals surface area contributed by atoms with E-state index < -0.39 is 0 Å². The zero-order chi connectivity index (χ0) is 12.0. The Bertz CT molecular complexity index is 387. The van der Waals surface area contributed by atoms with Crippen molar-refractivity contribution in [2.24, 2.45) is 0 Å². The fourth-order valence-corrected chi connectivity index (χ4v) is 1.58. The third-order valence-corrected chi connectivity index (χ3v) is 2.70. The summed E-state index contributed by atoms with van der Waals surface area (Å²) in [6.07, 6.45) is 1.10. The normalized spacial score (nSPS) is 11.9. The van der Waals surface area contributed by atoms with Crippen LogP contribution < -0.4 is 5.32 Å². The molecular weight excluding hydrogens is 224 g/mol. The molecule has 0 amide bonds. The first-order valence-electron chi connectivity index (χ1n) is 5.29. The average molecular weight is 239 g/mol. The van der Waals surface area contributed by atoms with Crippen LogP contribution in [0.2, 0.25) is 5.02 Å². The summed E-state index contributed by atoms with van der Waals surface area (Å²) in [7, 11) is 0. The van der Waals surface area contributed by atoms with Crippen LogP contribution in [0.25, 0.3) is 0 Å². The number of nitrogens with zero attached hydrogens (tertiary/aromatic N) is 1. The minimum Gasteiger partial charge on any atom is -0.393 e. The number of rotatable bonds is 5. The predicted octanol–water partition coefficient (Wildman–Crippen LogP) is 2.78. The van der Waals surface area contributed by atoms with Crippen molar-refractivity contribution < 1.29 is 5.11 Å². The van der Waals surface area contributed by atoms with Gasteiger partial charge in [0.25, 0.3) is 0 Å². The van der Waals surface area contributed by atoms with Gasteiger partial charge in [-0.3, -0.25) is 0 Å². The van der Waals surface area contributed by atoms with E-state index in [1.807, 2.05) is 13.0 Å². The molecule has 1 atom stereocenters. The zero-order valence-corrected chi connectivity index (χ0v) is 9.96. The highest BCUT2D eigenvalue weighted by Crippen LogP contribution is 2.23. The van der Waals surface area contributed by atoms with Gasteiger partial charge in [0.15, 0.2) is 0 Å². The number of hydrogen-bond donors (Lipinski definition) is 2. The van der Waals surface area contributed by atoms with Gasteiger partial charge < -0.3 is 10.4 Å². The van der Waals surface area contributed by atoms with Crippen molar-refractivity contribution in [2.45, 2.75) is 25.9 Å². The highest BCUT2D eigenvalue weighted by atomic mass is 35.5. The topological polar surface area (TPSA) is 56.0 Å². The Kier molecular flexibility index (Phi) is 5.10. The molecule has 1 aromatic carbocycles. The number of anilines is 1. The molecule has 16 heavy (non-hydrogen) atoms. The maximum Gasteiger partial charge on any atom is 0.103 e. The molecule has 1 aromatic rings. The molecule has 0 bridgehead atoms. The summed E-state index contributed by atoms with van der Waals surface area (Å²) in [6, 6.07) is 7.35. The molecule has 4 heteroatoms. The number of aliphatic hydroxyl groups is 1. The fourth-order valence-electron chi connectivity index (χ4n) is 1.36. The molecular formula is C12H15ClN2O. The molecule has 0 aliphatic rings. The van der Waals surface area contributed by atoms with Crippen LogP contribution in [0.5, 0.6) is 0 Å². The van der Waals surface area contributed by atoms with Crippen LogP contribution in [-0.4, -0.2) is 17.8 Å². The Morgan fingerprint density at radius 3 is 2.94 bits per heavy atom. The van der Waals surface area contributed by atoms with E-state index in [2.05, 4.69) is 11.4 Å². The van der Waals surface area contributed by atoms with E-state index in [0.29, 0.717) is 23.6 Å². The molecule has 1 unspecified atom stereocenters. The molecule has 0 aromatic heterocycles. The largest absolute Gasteiger partial charge is 0.393 e. The van der Waals surface area contributed by atoms with Crippen molar-refractivity contribution in [1.82, 2.24) is 0 Å². The summed E-state index contributed by atoms with van der Waals surface area (Å²) < 4.78 is 0. The molecule has 0 heterocycles. The van der Waals surface area contributed by atoms with Gasteiger partial charge in [-0.25, -0.2) is 0 Å². The number of aliphatic hydroxyl groups excluding tert-OH is 1. The lowest BCUT2D eigenvalue weighted by atomic mass is 10.1. The molecule has 0 radical (unpaired) electrons. The van der Waals surface area contributed by atoms with Gasteiger partial charge in [0.05, 0.1) is 22.4 Å². The van der Waals surface area contributed by atoms with Crippen molar-refractivity contribution in [1.29, 1.82) is 5.26 Å². The second-order valence-corrected chi connectivity index (χ2v) is 3.96. The molecule has 3 nitrogen and oxygen atoms in total. The second-order valence-electron chi connectivity index (χ2n) is 3.55. The summed E-state index contributed by atoms with van der Waals surface area (Å²) in [4.78, 5) is 0. The molecule has 0 aliphatic carbocycles. The SMILES string of the molecule is CCC(O)CCNc1cccc(Cl)c1C#N. The lowest BCUT2D eigenvalue weighted by Gasteiger charge is -2.11. The third-order valence-electron chi connectivity index (χ3n) is 2.39. The van der Waals surface area contributed by atoms with Crippen LogP contribution in [-0.2, 0) is 0 Å². The maximum atomic E-state index is 9.39. The van der Waals surface area contributed by atoms with Crippen molar-refractivity contribution in [3.05, 3.63) is 28.8 Å². The van der Waals surface area contributed by atoms with Gasteiger partial charge in [0, 0.05) is 6.54 Å². The van der Waals surface area contributed by atoms with E-state index in [4.69, 9.17) is 16.9 Å². The highest BCUT2D eigenvalue weighted by Gasteiger charge is 2.06. The fraction of sp³-hybridized carbons (Fsp3) is 0.417. The van der Waals surface area contributed by atoms with Crippen LogP contribution in [0.4, 0.5) is 5.69 Å². The van der Waals surface area contributed by atoms with Gasteiger partial charge in [-0.1, -0.05) is 24.6 Å². The Hall–Kier alpha value is -1.24. The standard InChI is InChI=1S/C12H15ClN2O/c1-2-9(16)6-7-15-12-5-3-4-11(13)10(12)8-14/h3-5,9,15-16H,2,6-7H2,1H3. The number of nitrogens with one attached hydrogen (secondary N) is 1. The van der Waals surface area contributed by atoms with E-state index in [1.165, 1.54) is 0 Å². The monoisotopic (exact) mass is 238 g/mol. The summed E-state index contributed by atoms with van der Waals surface area (Å²) in [6.45, 7) is 2.56. The first-order valence-corrected chi connectivity index (χ1v) is 5.67. The van der Waals surface area contributed by atoms with Crippen molar-refractivity contribution in [3.63, 3.8) is 0 Å². The van der Waals surface area contributed by atoms with Gasteiger partial charge in [-0.2, -0.15) is 5.26 Å². The lowest BCUT2D eigenvalue weighted by Crippen LogP contribution is -2.12. The minimum atomic E-state index is -0.294. The summed E-state index contributed by atoms with van der Waals surface area (Å²) in [5.41, 5.74) is 1.17. The first-order chi connectivity index (χ1) is 7.69. The van der Waals surface area contributed by atoms with Crippen molar-refractivity contribution >= 4 is 17.3 Å². The van der Waals surface area contributed by atoms with E-state index >= 15 is 0 Å². The molecule has 0 spiro atoms. The highest BCUT2D eigenvalue weighted by molar-refractivity contribution is 6.32. The summed E-state index contributed by atoms with van der Waals surface area (Å²) >= 11 is 5.89. The Balaban J connectivity index is 2.61. The Morgan fingerprint density at radius 2 is 2.31 bits per heavy atom. The average Bonchev–Trinajstić information content (AvgIpc) is 2.29. The van der Waals surface area contributed by atoms with Crippen molar-refractivity contribution in [3.8, 4) is 6.07 Å². The molecule has 86 valence electrons. The molecule has 0 fully saturated rings. The summed E-state index contributed by atoms with van der Waals surface area (Å²) in [5.74, 6) is 0. The van der Waals surface area contributed by atoms with E-state index in [1.54, 1.807) is 12.1 Å². The second kappa shape index (κ2) is 6.37. The lowest BCUT2D eigenvalue weighted by molar-refractivity contribution is 0.164. The van der Waals surface area contributed by atoms with Crippen LogP contribution in [0.15, 0.2) is 18.2 Å². The van der Waals surface area contributed by atoms with Gasteiger partial charge in [0.1, 0.15) is 6.07 Å². The number of halogens is 1. The van der Waals surface area contributed by atoms with Gasteiger partial charge >= 0.3 is 0 Å². The van der Waals surface area contributed by atoms with Crippen molar-refractivity contribution in [2.75, 3.05) is 11.9 Å². The van der Waals surface area contributed by atoms with Gasteiger partial charge in [-0.15, -0.1) is 0 Å². The molecule has 0 saturated carbocycles. The summed E-state index contributed by atoms with van der Waals surface area (Å²) in [5, 5.41) is 21.9. The molecule has 2 N–H and O–H groups in total. The first kappa shape index (κ1) is 12.8. The van der Waals surface area contributed by atoms with E-state index in [-0.39, 0.29) is 6.10 Å². The van der Waals surface area contributed by atoms with Crippen LogP contribution in [0.1, 0.15) is 25.3 Å². The Labute approximate surface area is 101 Å². The smallest absolute Gasteiger partial charge is 0.103 e. The van der Waals surface area contributed by atoms with Gasteiger partial charge in [0.2, 0.25) is 0 Å². The van der Waals surface area contributed by atoms with E-state index in [0.717, 1.165) is 12.1 Å². The van der Waals surface area contributed by atoms with Crippen LogP contribution in [0.3, 0.4) is 0 Å². The van der Waals surface area contributed by atoms with Crippen LogP contribution in [0, 0.1) is 11.3 Å². The number of nitriles is 1. The predicted molar refractivity (Wildman–Crippen MR) is 65.6 cm³/mol. The number of benzene rings is 1. The molecule has 0 aliphatic heterocycles. The minimum absolute atomic E-state index is 0.294. The maximum absolute atomic E-state index is 9.39. The zero-order valence-electron chi connectivity index (χ0n) is 9.20. The molecule has 1 rings (SSSR count). The third kappa shape index (κ3) is 3.41. The van der Waals surface area contributed by atoms with Crippen LogP contribution >= 0.6 is 11.6 Å². The number of hydrogen-bond acceptors (Lipinski definition) is 3. The Morgan fingerprint density at radius 1 is 1.56 bits per heavy atom. The quantitative estimate of drug-likeness (QED) is 0.830. The van der Waals surface area contributed by atoms with Gasteiger partial charge in [-0.05, 0) is 25.0 Å².